The standard InChI is InChI=1S/C18H17NO3S/c1-13-11-14-5-2-3-7-16(14)19(13)17(20)12-22-18(21)9-8-15-6-4-10-23-15/h2-10,13H,11-12H2,1H3. The Hall–Kier alpha value is -2.40. The smallest absolute Gasteiger partial charge is 0.331 e. The topological polar surface area (TPSA) is 46.6 Å². The van der Waals surface area contributed by atoms with Crippen LogP contribution >= 0.6 is 11.3 Å². The van der Waals surface area contributed by atoms with Crippen molar-refractivity contribution in [2.45, 2.75) is 19.4 Å². The lowest BCUT2D eigenvalue weighted by molar-refractivity contribution is -0.143. The number of nitrogens with zero attached hydrogens (tertiary/aromatic N) is 1. The van der Waals surface area contributed by atoms with Gasteiger partial charge in [0.05, 0.1) is 0 Å². The second kappa shape index (κ2) is 6.79. The fraction of sp³-hybridized carbons (Fsp3) is 0.222. The molecule has 5 heteroatoms. The van der Waals surface area contributed by atoms with Gasteiger partial charge in [0, 0.05) is 22.7 Å². The van der Waals surface area contributed by atoms with Gasteiger partial charge in [-0.15, -0.1) is 11.3 Å². The van der Waals surface area contributed by atoms with E-state index in [-0.39, 0.29) is 18.6 Å². The molecule has 1 amide bonds. The van der Waals surface area contributed by atoms with Gasteiger partial charge in [0.25, 0.3) is 5.91 Å². The number of anilines is 1. The Balaban J connectivity index is 1.58. The molecule has 2 aromatic rings. The number of rotatable bonds is 4. The molecule has 0 fully saturated rings. The molecular formula is C18H17NO3S. The molecule has 1 aromatic carbocycles. The lowest BCUT2D eigenvalue weighted by atomic mass is 10.1. The van der Waals surface area contributed by atoms with Crippen molar-refractivity contribution in [3.8, 4) is 0 Å². The number of ether oxygens (including phenoxy) is 1. The number of carbonyl (C=O) groups excluding carboxylic acids is 2. The van der Waals surface area contributed by atoms with E-state index >= 15 is 0 Å². The van der Waals surface area contributed by atoms with Crippen molar-refractivity contribution in [2.75, 3.05) is 11.5 Å². The minimum Gasteiger partial charge on any atom is -0.452 e. The monoisotopic (exact) mass is 327 g/mol. The summed E-state index contributed by atoms with van der Waals surface area (Å²) >= 11 is 1.53. The summed E-state index contributed by atoms with van der Waals surface area (Å²) in [5.74, 6) is -0.702. The van der Waals surface area contributed by atoms with Crippen molar-refractivity contribution in [1.82, 2.24) is 0 Å². The van der Waals surface area contributed by atoms with E-state index in [4.69, 9.17) is 4.74 Å². The highest BCUT2D eigenvalue weighted by Crippen LogP contribution is 2.31. The molecule has 4 nitrogen and oxygen atoms in total. The fourth-order valence-electron chi connectivity index (χ4n) is 2.73. The maximum Gasteiger partial charge on any atom is 0.331 e. The number of carbonyl (C=O) groups is 2. The Morgan fingerprint density at radius 2 is 2.13 bits per heavy atom. The summed E-state index contributed by atoms with van der Waals surface area (Å²) < 4.78 is 5.07. The van der Waals surface area contributed by atoms with E-state index in [1.807, 2.05) is 48.7 Å². The first-order valence-corrected chi connectivity index (χ1v) is 8.31. The zero-order chi connectivity index (χ0) is 16.2. The minimum atomic E-state index is -0.508. The van der Waals surface area contributed by atoms with Gasteiger partial charge < -0.3 is 9.64 Å². The lowest BCUT2D eigenvalue weighted by Crippen LogP contribution is -2.38. The molecule has 1 aliphatic heterocycles. The van der Waals surface area contributed by atoms with E-state index in [2.05, 4.69) is 0 Å². The zero-order valence-electron chi connectivity index (χ0n) is 12.8. The SMILES string of the molecule is CC1Cc2ccccc2N1C(=O)COC(=O)C=Cc1cccs1. The van der Waals surface area contributed by atoms with Gasteiger partial charge in [0.2, 0.25) is 0 Å². The molecule has 1 aromatic heterocycles. The number of hydrogen-bond donors (Lipinski definition) is 0. The van der Waals surface area contributed by atoms with E-state index in [1.165, 1.54) is 17.4 Å². The van der Waals surface area contributed by atoms with Crippen LogP contribution in [0.2, 0.25) is 0 Å². The van der Waals surface area contributed by atoms with Crippen LogP contribution in [0, 0.1) is 0 Å². The summed E-state index contributed by atoms with van der Waals surface area (Å²) in [4.78, 5) is 26.8. The average Bonchev–Trinajstić information content (AvgIpc) is 3.17. The third-order valence-corrected chi connectivity index (χ3v) is 4.58. The van der Waals surface area contributed by atoms with Crippen LogP contribution in [0.25, 0.3) is 6.08 Å². The van der Waals surface area contributed by atoms with Crippen LogP contribution in [0.4, 0.5) is 5.69 Å². The van der Waals surface area contributed by atoms with Crippen LogP contribution in [0.3, 0.4) is 0 Å². The quantitative estimate of drug-likeness (QED) is 0.639. The normalized spacial score (nSPS) is 16.6. The lowest BCUT2D eigenvalue weighted by Gasteiger charge is -2.22. The highest BCUT2D eigenvalue weighted by molar-refractivity contribution is 7.10. The van der Waals surface area contributed by atoms with Crippen molar-refractivity contribution in [1.29, 1.82) is 0 Å². The van der Waals surface area contributed by atoms with Crippen molar-refractivity contribution in [3.05, 3.63) is 58.3 Å². The maximum absolute atomic E-state index is 12.4. The van der Waals surface area contributed by atoms with E-state index in [0.29, 0.717) is 0 Å². The van der Waals surface area contributed by atoms with Crippen LogP contribution in [0.5, 0.6) is 0 Å². The molecule has 1 atom stereocenters. The molecule has 23 heavy (non-hydrogen) atoms. The molecule has 0 spiro atoms. The molecule has 0 N–H and O–H groups in total. The predicted octanol–water partition coefficient (Wildman–Crippen LogP) is 3.28. The Labute approximate surface area is 139 Å². The van der Waals surface area contributed by atoms with Crippen LogP contribution < -0.4 is 4.90 Å². The van der Waals surface area contributed by atoms with E-state index in [0.717, 1.165) is 22.5 Å². The van der Waals surface area contributed by atoms with Gasteiger partial charge in [-0.3, -0.25) is 4.79 Å². The van der Waals surface area contributed by atoms with Crippen LogP contribution in [0.15, 0.2) is 47.9 Å². The summed E-state index contributed by atoms with van der Waals surface area (Å²) in [5, 5.41) is 1.93. The van der Waals surface area contributed by atoms with Gasteiger partial charge in [-0.2, -0.15) is 0 Å². The van der Waals surface area contributed by atoms with Gasteiger partial charge in [-0.1, -0.05) is 24.3 Å². The highest BCUT2D eigenvalue weighted by Gasteiger charge is 2.30. The number of amides is 1. The third-order valence-electron chi connectivity index (χ3n) is 3.74. The Bertz CT molecular complexity index is 736. The van der Waals surface area contributed by atoms with Gasteiger partial charge in [-0.05, 0) is 42.5 Å². The molecule has 0 saturated carbocycles. The number of para-hydroxylation sites is 1. The van der Waals surface area contributed by atoms with Crippen molar-refractivity contribution < 1.29 is 14.3 Å². The minimum absolute atomic E-state index is 0.0836. The molecule has 0 bridgehead atoms. The summed E-state index contributed by atoms with van der Waals surface area (Å²) in [7, 11) is 0. The molecule has 1 unspecified atom stereocenters. The Morgan fingerprint density at radius 3 is 2.91 bits per heavy atom. The van der Waals surface area contributed by atoms with Gasteiger partial charge in [0.15, 0.2) is 6.61 Å². The number of hydrogen-bond acceptors (Lipinski definition) is 4. The summed E-state index contributed by atoms with van der Waals surface area (Å²) in [6, 6.07) is 11.7. The fourth-order valence-corrected chi connectivity index (χ4v) is 3.35. The first-order valence-electron chi connectivity index (χ1n) is 7.43. The largest absolute Gasteiger partial charge is 0.452 e. The molecule has 1 aliphatic rings. The number of esters is 1. The zero-order valence-corrected chi connectivity index (χ0v) is 13.6. The summed E-state index contributed by atoms with van der Waals surface area (Å²) in [5.41, 5.74) is 2.06. The van der Waals surface area contributed by atoms with Crippen molar-refractivity contribution >= 4 is 35.0 Å². The van der Waals surface area contributed by atoms with E-state index in [9.17, 15) is 9.59 Å². The van der Waals surface area contributed by atoms with Gasteiger partial charge in [0.1, 0.15) is 0 Å². The first-order chi connectivity index (χ1) is 11.1. The maximum atomic E-state index is 12.4. The summed E-state index contributed by atoms with van der Waals surface area (Å²) in [6.45, 7) is 1.75. The molecule has 0 aliphatic carbocycles. The van der Waals surface area contributed by atoms with Crippen molar-refractivity contribution in [3.63, 3.8) is 0 Å². The second-order valence-corrected chi connectivity index (χ2v) is 6.38. The predicted molar refractivity (Wildman–Crippen MR) is 91.4 cm³/mol. The molecule has 2 heterocycles. The highest BCUT2D eigenvalue weighted by atomic mass is 32.1. The van der Waals surface area contributed by atoms with Crippen LogP contribution in [-0.2, 0) is 20.7 Å². The van der Waals surface area contributed by atoms with Crippen LogP contribution in [-0.4, -0.2) is 24.5 Å². The van der Waals surface area contributed by atoms with Crippen molar-refractivity contribution in [2.24, 2.45) is 0 Å². The summed E-state index contributed by atoms with van der Waals surface area (Å²) in [6.07, 6.45) is 3.86. The van der Waals surface area contributed by atoms with Gasteiger partial charge >= 0.3 is 5.97 Å². The molecule has 3 rings (SSSR count). The Kier molecular flexibility index (Phi) is 4.57. The van der Waals surface area contributed by atoms with Crippen LogP contribution in [0.1, 0.15) is 17.4 Å². The molecule has 0 saturated heterocycles. The molecule has 118 valence electrons. The molecule has 0 radical (unpaired) electrons. The number of thiophene rings is 1. The van der Waals surface area contributed by atoms with E-state index in [1.54, 1.807) is 11.0 Å². The van der Waals surface area contributed by atoms with Gasteiger partial charge in [-0.25, -0.2) is 4.79 Å². The van der Waals surface area contributed by atoms with E-state index < -0.39 is 5.97 Å². The average molecular weight is 327 g/mol. The Morgan fingerprint density at radius 1 is 1.30 bits per heavy atom. The molecular weight excluding hydrogens is 310 g/mol. The number of benzene rings is 1. The number of fused-ring (bicyclic) bond motifs is 1. The first kappa shape index (κ1) is 15.5. The third kappa shape index (κ3) is 3.51. The second-order valence-electron chi connectivity index (χ2n) is 5.40.